The fourth-order valence-corrected chi connectivity index (χ4v) is 1.63. The number of hydrogen-bond acceptors (Lipinski definition) is 4. The van der Waals surface area contributed by atoms with Gasteiger partial charge in [-0.25, -0.2) is 0 Å². The van der Waals surface area contributed by atoms with E-state index in [-0.39, 0.29) is 12.3 Å². The van der Waals surface area contributed by atoms with Crippen LogP contribution in [0.2, 0.25) is 0 Å². The molecule has 0 bridgehead atoms. The molecule has 1 aliphatic rings. The summed E-state index contributed by atoms with van der Waals surface area (Å²) in [5, 5.41) is 9.60. The summed E-state index contributed by atoms with van der Waals surface area (Å²) in [5.41, 5.74) is 0.913. The second-order valence-electron chi connectivity index (χ2n) is 3.63. The van der Waals surface area contributed by atoms with Crippen molar-refractivity contribution < 1.29 is 9.53 Å². The zero-order chi connectivity index (χ0) is 12.7. The molecule has 1 aliphatic carbocycles. The second-order valence-corrected chi connectivity index (χ2v) is 3.63. The van der Waals surface area contributed by atoms with Gasteiger partial charge in [-0.05, 0) is 31.4 Å². The van der Waals surface area contributed by atoms with Crippen molar-refractivity contribution >= 4 is 18.5 Å². The van der Waals surface area contributed by atoms with Crippen LogP contribution in [0.1, 0.15) is 26.2 Å². The second kappa shape index (κ2) is 6.62. The molecule has 0 saturated carbocycles. The van der Waals surface area contributed by atoms with Gasteiger partial charge in [0.25, 0.3) is 0 Å². The standard InChI is InChI=1S/C12H17N3O2/c1-9(15-13-2)14-12(16)8-10-6-4-5-7-11(10)17-3/h6-7H,2,4-5,8H2,1,3H3,(H,14,15,16). The Labute approximate surface area is 101 Å². The predicted octanol–water partition coefficient (Wildman–Crippen LogP) is 1.78. The average molecular weight is 235 g/mol. The predicted molar refractivity (Wildman–Crippen MR) is 67.8 cm³/mol. The highest BCUT2D eigenvalue weighted by Crippen LogP contribution is 2.21. The van der Waals surface area contributed by atoms with Crippen LogP contribution in [0.3, 0.4) is 0 Å². The number of rotatable bonds is 4. The van der Waals surface area contributed by atoms with Gasteiger partial charge in [-0.1, -0.05) is 6.08 Å². The number of hydrogen-bond donors (Lipinski definition) is 1. The van der Waals surface area contributed by atoms with Crippen LogP contribution >= 0.6 is 0 Å². The number of amidine groups is 1. The number of allylic oxidation sites excluding steroid dienone is 3. The first kappa shape index (κ1) is 13.2. The fourth-order valence-electron chi connectivity index (χ4n) is 1.63. The number of amides is 1. The quantitative estimate of drug-likeness (QED) is 0.458. The Hall–Kier alpha value is -1.91. The highest BCUT2D eigenvalue weighted by Gasteiger charge is 2.13. The first-order chi connectivity index (χ1) is 8.17. The van der Waals surface area contributed by atoms with Gasteiger partial charge in [-0.3, -0.25) is 4.79 Å². The van der Waals surface area contributed by atoms with E-state index in [0.29, 0.717) is 5.84 Å². The number of nitrogens with one attached hydrogen (secondary N) is 1. The Balaban J connectivity index is 2.57. The molecule has 0 saturated heterocycles. The van der Waals surface area contributed by atoms with E-state index in [1.807, 2.05) is 12.2 Å². The molecule has 0 aromatic rings. The van der Waals surface area contributed by atoms with Crippen molar-refractivity contribution in [2.24, 2.45) is 10.2 Å². The minimum atomic E-state index is -0.133. The fraction of sp³-hybridized carbons (Fsp3) is 0.417. The lowest BCUT2D eigenvalue weighted by atomic mass is 10.0. The van der Waals surface area contributed by atoms with Crippen LogP contribution < -0.4 is 5.32 Å². The Morgan fingerprint density at radius 1 is 1.53 bits per heavy atom. The van der Waals surface area contributed by atoms with Crippen molar-refractivity contribution in [2.45, 2.75) is 26.2 Å². The summed E-state index contributed by atoms with van der Waals surface area (Å²) in [4.78, 5) is 11.7. The van der Waals surface area contributed by atoms with Gasteiger partial charge in [-0.2, -0.15) is 5.10 Å². The molecule has 0 unspecified atom stereocenters. The van der Waals surface area contributed by atoms with E-state index in [9.17, 15) is 4.79 Å². The molecule has 0 radical (unpaired) electrons. The Bertz CT molecular complexity index is 395. The van der Waals surface area contributed by atoms with Gasteiger partial charge in [-0.15, -0.1) is 5.10 Å². The van der Waals surface area contributed by atoms with Crippen LogP contribution in [0.25, 0.3) is 0 Å². The third-order valence-electron chi connectivity index (χ3n) is 2.32. The molecule has 0 atom stereocenters. The summed E-state index contributed by atoms with van der Waals surface area (Å²) >= 11 is 0. The molecule has 92 valence electrons. The Morgan fingerprint density at radius 3 is 2.88 bits per heavy atom. The van der Waals surface area contributed by atoms with E-state index >= 15 is 0 Å². The molecule has 5 nitrogen and oxygen atoms in total. The number of nitrogens with zero attached hydrogens (tertiary/aromatic N) is 2. The maximum absolute atomic E-state index is 11.7. The van der Waals surface area contributed by atoms with Crippen LogP contribution in [0.15, 0.2) is 33.7 Å². The summed E-state index contributed by atoms with van der Waals surface area (Å²) in [6, 6.07) is 0. The maximum Gasteiger partial charge on any atom is 0.229 e. The third-order valence-corrected chi connectivity index (χ3v) is 2.32. The van der Waals surface area contributed by atoms with Gasteiger partial charge in [0.15, 0.2) is 0 Å². The number of carbonyl (C=O) groups is 1. The largest absolute Gasteiger partial charge is 0.497 e. The highest BCUT2D eigenvalue weighted by atomic mass is 16.5. The topological polar surface area (TPSA) is 63.0 Å². The minimum absolute atomic E-state index is 0.133. The Morgan fingerprint density at radius 2 is 2.24 bits per heavy atom. The first-order valence-corrected chi connectivity index (χ1v) is 5.41. The first-order valence-electron chi connectivity index (χ1n) is 5.41. The van der Waals surface area contributed by atoms with E-state index in [4.69, 9.17) is 4.74 Å². The van der Waals surface area contributed by atoms with E-state index in [1.165, 1.54) is 0 Å². The molecule has 5 heteroatoms. The van der Waals surface area contributed by atoms with Crippen LogP contribution in [-0.2, 0) is 9.53 Å². The van der Waals surface area contributed by atoms with Crippen molar-refractivity contribution in [1.82, 2.24) is 5.32 Å². The molecule has 0 aliphatic heterocycles. The molecule has 17 heavy (non-hydrogen) atoms. The lowest BCUT2D eigenvalue weighted by molar-refractivity contribution is -0.119. The Kier molecular flexibility index (Phi) is 5.13. The summed E-state index contributed by atoms with van der Waals surface area (Å²) in [5.74, 6) is 1.08. The van der Waals surface area contributed by atoms with Crippen LogP contribution in [0.5, 0.6) is 0 Å². The SMILES string of the molecule is C=N/N=C(\C)NC(=O)CC1=CCCC=C1OC. The van der Waals surface area contributed by atoms with Gasteiger partial charge in [0.2, 0.25) is 5.91 Å². The van der Waals surface area contributed by atoms with Gasteiger partial charge in [0.05, 0.1) is 13.5 Å². The van der Waals surface area contributed by atoms with Crippen molar-refractivity contribution in [2.75, 3.05) is 7.11 Å². The molecule has 0 aromatic carbocycles. The van der Waals surface area contributed by atoms with Crippen molar-refractivity contribution in [3.8, 4) is 0 Å². The molecule has 1 N–H and O–H groups in total. The lowest BCUT2D eigenvalue weighted by Gasteiger charge is -2.14. The van der Waals surface area contributed by atoms with Gasteiger partial charge < -0.3 is 10.1 Å². The van der Waals surface area contributed by atoms with Gasteiger partial charge >= 0.3 is 0 Å². The van der Waals surface area contributed by atoms with Crippen LogP contribution in [0.4, 0.5) is 0 Å². The minimum Gasteiger partial charge on any atom is -0.497 e. The zero-order valence-electron chi connectivity index (χ0n) is 10.2. The summed E-state index contributed by atoms with van der Waals surface area (Å²) in [7, 11) is 1.61. The smallest absolute Gasteiger partial charge is 0.229 e. The molecule has 0 heterocycles. The average Bonchev–Trinajstić information content (AvgIpc) is 2.29. The third kappa shape index (κ3) is 4.22. The van der Waals surface area contributed by atoms with Gasteiger partial charge in [0.1, 0.15) is 11.6 Å². The van der Waals surface area contributed by atoms with E-state index in [2.05, 4.69) is 22.2 Å². The number of methoxy groups -OCH3 is 1. The van der Waals surface area contributed by atoms with E-state index in [0.717, 1.165) is 24.2 Å². The highest BCUT2D eigenvalue weighted by molar-refractivity contribution is 5.97. The van der Waals surface area contributed by atoms with E-state index < -0.39 is 0 Å². The molecular formula is C12H17N3O2. The number of ether oxygens (including phenoxy) is 1. The van der Waals surface area contributed by atoms with E-state index in [1.54, 1.807) is 14.0 Å². The molecule has 0 spiro atoms. The van der Waals surface area contributed by atoms with Crippen LogP contribution in [0, 0.1) is 0 Å². The van der Waals surface area contributed by atoms with Crippen molar-refractivity contribution in [1.29, 1.82) is 0 Å². The molecule has 0 fully saturated rings. The summed E-state index contributed by atoms with van der Waals surface area (Å²) < 4.78 is 5.21. The normalized spacial score (nSPS) is 15.8. The number of carbonyl (C=O) groups excluding carboxylic acids is 1. The summed E-state index contributed by atoms with van der Waals surface area (Å²) in [6.07, 6.45) is 6.20. The molecular weight excluding hydrogens is 218 g/mol. The van der Waals surface area contributed by atoms with Crippen LogP contribution in [-0.4, -0.2) is 25.6 Å². The molecule has 1 rings (SSSR count). The lowest BCUT2D eigenvalue weighted by Crippen LogP contribution is -2.28. The van der Waals surface area contributed by atoms with Gasteiger partial charge in [0, 0.05) is 6.72 Å². The van der Waals surface area contributed by atoms with Crippen molar-refractivity contribution in [3.63, 3.8) is 0 Å². The molecule has 1 amide bonds. The monoisotopic (exact) mass is 235 g/mol. The maximum atomic E-state index is 11.7. The van der Waals surface area contributed by atoms with Crippen molar-refractivity contribution in [3.05, 3.63) is 23.5 Å². The zero-order valence-corrected chi connectivity index (χ0v) is 10.2. The summed E-state index contributed by atoms with van der Waals surface area (Å²) in [6.45, 7) is 4.88. The molecule has 0 aromatic heterocycles.